The Hall–Kier alpha value is -2.74. The minimum Gasteiger partial charge on any atom is -0.490 e. The fraction of sp³-hybridized carbons (Fsp3) is 0.344. The number of hydrogen-bond donors (Lipinski definition) is 1. The lowest BCUT2D eigenvalue weighted by molar-refractivity contribution is -0.135. The summed E-state index contributed by atoms with van der Waals surface area (Å²) in [5, 5.41) is 1.55. The van der Waals surface area contributed by atoms with Gasteiger partial charge in [0, 0.05) is 31.8 Å². The van der Waals surface area contributed by atoms with E-state index in [4.69, 9.17) is 54.7 Å². The molecule has 0 aliphatic rings. The van der Waals surface area contributed by atoms with Gasteiger partial charge in [0.05, 0.1) is 22.6 Å². The van der Waals surface area contributed by atoms with Crippen molar-refractivity contribution in [3.63, 3.8) is 0 Å². The lowest BCUT2D eigenvalue weighted by Gasteiger charge is -2.27. The quantitative estimate of drug-likeness (QED) is 0.139. The zero-order chi connectivity index (χ0) is 29.8. The fourth-order valence-electron chi connectivity index (χ4n) is 4.38. The van der Waals surface area contributed by atoms with Crippen molar-refractivity contribution in [3.05, 3.63) is 105 Å². The molecule has 0 aromatic heterocycles. The van der Waals surface area contributed by atoms with Crippen LogP contribution in [0.25, 0.3) is 0 Å². The Labute approximate surface area is 257 Å². The summed E-state index contributed by atoms with van der Waals surface area (Å²) in [6.45, 7) is 7.94. The summed E-state index contributed by atoms with van der Waals surface area (Å²) in [5.41, 5.74) is 10.00. The predicted octanol–water partition coefficient (Wildman–Crippen LogP) is 6.93. The van der Waals surface area contributed by atoms with Crippen molar-refractivity contribution in [3.8, 4) is 11.5 Å². The van der Waals surface area contributed by atoms with E-state index in [2.05, 4.69) is 6.58 Å². The number of amides is 1. The van der Waals surface area contributed by atoms with E-state index in [1.807, 2.05) is 49.4 Å². The minimum absolute atomic E-state index is 0.0448. The first-order valence-electron chi connectivity index (χ1n) is 13.4. The molecule has 3 aromatic carbocycles. The van der Waals surface area contributed by atoms with E-state index in [1.54, 1.807) is 30.2 Å². The van der Waals surface area contributed by atoms with Crippen LogP contribution in [-0.2, 0) is 28.9 Å². The molecule has 0 bridgehead atoms. The van der Waals surface area contributed by atoms with Gasteiger partial charge in [0.15, 0.2) is 5.75 Å². The molecule has 0 radical (unpaired) electrons. The molecule has 0 saturated carbocycles. The molecule has 1 unspecified atom stereocenters. The van der Waals surface area contributed by atoms with Crippen LogP contribution in [0.3, 0.4) is 0 Å². The number of methoxy groups -OCH3 is 1. The molecule has 2 N–H and O–H groups in total. The van der Waals surface area contributed by atoms with Crippen LogP contribution in [-0.4, -0.2) is 50.8 Å². The zero-order valence-electron chi connectivity index (χ0n) is 23.5. The third-order valence-corrected chi connectivity index (χ3v) is 7.44. The van der Waals surface area contributed by atoms with Crippen LogP contribution in [0, 0.1) is 12.8 Å². The summed E-state index contributed by atoms with van der Waals surface area (Å²) in [6.07, 6.45) is 2.98. The maximum atomic E-state index is 13.5. The van der Waals surface area contributed by atoms with Crippen LogP contribution in [0.5, 0.6) is 11.5 Å². The molecule has 0 fully saturated rings. The van der Waals surface area contributed by atoms with Crippen molar-refractivity contribution in [1.82, 2.24) is 4.90 Å². The van der Waals surface area contributed by atoms with E-state index in [-0.39, 0.29) is 19.1 Å². The number of benzene rings is 3. The van der Waals surface area contributed by atoms with Crippen LogP contribution < -0.4 is 15.2 Å². The van der Waals surface area contributed by atoms with E-state index < -0.39 is 5.92 Å². The van der Waals surface area contributed by atoms with Gasteiger partial charge in [-0.2, -0.15) is 0 Å². The molecule has 9 heteroatoms. The second kappa shape index (κ2) is 16.6. The highest BCUT2D eigenvalue weighted by Crippen LogP contribution is 2.34. The van der Waals surface area contributed by atoms with Crippen molar-refractivity contribution in [2.75, 3.05) is 40.0 Å². The van der Waals surface area contributed by atoms with Gasteiger partial charge in [0.2, 0.25) is 5.91 Å². The van der Waals surface area contributed by atoms with Gasteiger partial charge in [-0.25, -0.2) is 0 Å². The molecule has 0 aliphatic carbocycles. The number of halogens is 3. The second-order valence-corrected chi connectivity index (χ2v) is 10.9. The number of nitrogens with zero attached hydrogens (tertiary/aromatic N) is 1. The van der Waals surface area contributed by atoms with Crippen molar-refractivity contribution >= 4 is 40.7 Å². The number of carbonyl (C=O) groups is 1. The van der Waals surface area contributed by atoms with Gasteiger partial charge in [0.1, 0.15) is 19.0 Å². The van der Waals surface area contributed by atoms with E-state index in [1.165, 1.54) is 0 Å². The Kier molecular flexibility index (Phi) is 13.3. The number of rotatable bonds is 16. The van der Waals surface area contributed by atoms with Crippen LogP contribution in [0.15, 0.2) is 67.3 Å². The predicted molar refractivity (Wildman–Crippen MR) is 168 cm³/mol. The standard InChI is InChI=1S/C32H37Cl3N2O4/c1-4-12-37(21-26-19-24(11-13-39-3)7-10-28(26)33)32(38)25(20-36)18-23-5-8-27(9-6-23)40-14-15-41-31-29(34)16-22(2)17-30(31)35/h4-10,16-17,19,25H,1,11-15,18,20-21,36H2,2-3H3. The van der Waals surface area contributed by atoms with Crippen LogP contribution in [0.1, 0.15) is 22.3 Å². The molecule has 0 saturated heterocycles. The second-order valence-electron chi connectivity index (χ2n) is 9.71. The summed E-state index contributed by atoms with van der Waals surface area (Å²) in [6, 6.07) is 17.1. The molecule has 0 heterocycles. The number of carbonyl (C=O) groups excluding carboxylic acids is 1. The van der Waals surface area contributed by atoms with Crippen LogP contribution >= 0.6 is 34.8 Å². The SMILES string of the molecule is C=CCN(Cc1cc(CCOC)ccc1Cl)C(=O)C(CN)Cc1ccc(OCCOc2c(Cl)cc(C)cc2Cl)cc1. The minimum atomic E-state index is -0.394. The fourth-order valence-corrected chi connectivity index (χ4v) is 5.26. The van der Waals surface area contributed by atoms with Crippen molar-refractivity contribution in [2.45, 2.75) is 26.3 Å². The molecule has 6 nitrogen and oxygen atoms in total. The first-order chi connectivity index (χ1) is 19.7. The number of ether oxygens (including phenoxy) is 3. The Bertz CT molecular complexity index is 1280. The highest BCUT2D eigenvalue weighted by Gasteiger charge is 2.24. The van der Waals surface area contributed by atoms with Crippen molar-refractivity contribution in [2.24, 2.45) is 11.7 Å². The molecule has 1 atom stereocenters. The maximum Gasteiger partial charge on any atom is 0.227 e. The Morgan fingerprint density at radius 2 is 1.61 bits per heavy atom. The summed E-state index contributed by atoms with van der Waals surface area (Å²) < 4.78 is 16.7. The van der Waals surface area contributed by atoms with Crippen LogP contribution in [0.2, 0.25) is 15.1 Å². The Morgan fingerprint density at radius 3 is 2.24 bits per heavy atom. The van der Waals surface area contributed by atoms with E-state index in [0.717, 1.165) is 28.7 Å². The van der Waals surface area contributed by atoms with Gasteiger partial charge in [0.25, 0.3) is 0 Å². The molecule has 0 spiro atoms. The molecule has 3 aromatic rings. The van der Waals surface area contributed by atoms with E-state index >= 15 is 0 Å². The lowest BCUT2D eigenvalue weighted by atomic mass is 9.97. The monoisotopic (exact) mass is 618 g/mol. The first kappa shape index (κ1) is 32.8. The highest BCUT2D eigenvalue weighted by atomic mass is 35.5. The molecule has 1 amide bonds. The third kappa shape index (κ3) is 9.94. The van der Waals surface area contributed by atoms with Gasteiger partial charge in [-0.15, -0.1) is 6.58 Å². The van der Waals surface area contributed by atoms with Gasteiger partial charge in [-0.05, 0) is 72.4 Å². The lowest BCUT2D eigenvalue weighted by Crippen LogP contribution is -2.40. The van der Waals surface area contributed by atoms with Crippen LogP contribution in [0.4, 0.5) is 0 Å². The van der Waals surface area contributed by atoms with E-state index in [9.17, 15) is 4.79 Å². The molecular formula is C32H37Cl3N2O4. The maximum absolute atomic E-state index is 13.5. The third-order valence-electron chi connectivity index (χ3n) is 6.51. The van der Waals surface area contributed by atoms with Gasteiger partial charge < -0.3 is 24.8 Å². The average molecular weight is 620 g/mol. The topological polar surface area (TPSA) is 74.0 Å². The first-order valence-corrected chi connectivity index (χ1v) is 14.5. The normalized spacial score (nSPS) is 11.7. The summed E-state index contributed by atoms with van der Waals surface area (Å²) in [5.74, 6) is 0.693. The van der Waals surface area contributed by atoms with Gasteiger partial charge in [-0.1, -0.05) is 65.1 Å². The van der Waals surface area contributed by atoms with Gasteiger partial charge in [-0.3, -0.25) is 4.79 Å². The average Bonchev–Trinajstić information content (AvgIpc) is 2.95. The zero-order valence-corrected chi connectivity index (χ0v) is 25.8. The molecule has 220 valence electrons. The largest absolute Gasteiger partial charge is 0.490 e. The Morgan fingerprint density at radius 1 is 0.951 bits per heavy atom. The summed E-state index contributed by atoms with van der Waals surface area (Å²) in [7, 11) is 1.67. The number of aryl methyl sites for hydroxylation is 1. The smallest absolute Gasteiger partial charge is 0.227 e. The molecular weight excluding hydrogens is 583 g/mol. The number of hydrogen-bond acceptors (Lipinski definition) is 5. The summed E-state index contributed by atoms with van der Waals surface area (Å²) in [4.78, 5) is 15.3. The van der Waals surface area contributed by atoms with Gasteiger partial charge >= 0.3 is 0 Å². The van der Waals surface area contributed by atoms with Crippen molar-refractivity contribution < 1.29 is 19.0 Å². The molecule has 3 rings (SSSR count). The van der Waals surface area contributed by atoms with Crippen molar-refractivity contribution in [1.29, 1.82) is 0 Å². The van der Waals surface area contributed by atoms with E-state index in [0.29, 0.717) is 59.3 Å². The molecule has 41 heavy (non-hydrogen) atoms. The highest BCUT2D eigenvalue weighted by molar-refractivity contribution is 6.37. The summed E-state index contributed by atoms with van der Waals surface area (Å²) >= 11 is 18.9. The molecule has 0 aliphatic heterocycles. The Balaban J connectivity index is 1.57. The number of nitrogens with two attached hydrogens (primary N) is 1.